The third-order valence-electron chi connectivity index (χ3n) is 4.44. The Hall–Kier alpha value is -1.95. The Morgan fingerprint density at radius 2 is 2.04 bits per heavy atom. The standard InChI is InChI=1S/C18H28N4O2/c1-12-10-16-20-13(2)15(14(3)22(16)21-12)6-7-17(24)19-11-18(4,5)8-9-23/h10,23H,6-9,11H2,1-5H3,(H,19,24). The summed E-state index contributed by atoms with van der Waals surface area (Å²) in [6.07, 6.45) is 1.74. The van der Waals surface area contributed by atoms with Crippen LogP contribution in [0.25, 0.3) is 5.65 Å². The Bertz CT molecular complexity index is 734. The van der Waals surface area contributed by atoms with Gasteiger partial charge in [0.15, 0.2) is 5.65 Å². The number of amides is 1. The van der Waals surface area contributed by atoms with Gasteiger partial charge in [0.1, 0.15) is 0 Å². The van der Waals surface area contributed by atoms with Crippen LogP contribution in [0.5, 0.6) is 0 Å². The van der Waals surface area contributed by atoms with E-state index in [2.05, 4.69) is 15.4 Å². The molecule has 2 N–H and O–H groups in total. The Balaban J connectivity index is 2.01. The molecule has 0 radical (unpaired) electrons. The first-order valence-corrected chi connectivity index (χ1v) is 8.43. The predicted octanol–water partition coefficient (Wildman–Crippen LogP) is 2.11. The number of carbonyl (C=O) groups is 1. The molecule has 2 aromatic rings. The Labute approximate surface area is 143 Å². The van der Waals surface area contributed by atoms with Crippen molar-refractivity contribution in [3.63, 3.8) is 0 Å². The lowest BCUT2D eigenvalue weighted by atomic mass is 9.89. The summed E-state index contributed by atoms with van der Waals surface area (Å²) in [4.78, 5) is 16.7. The van der Waals surface area contributed by atoms with Crippen molar-refractivity contribution in [3.05, 3.63) is 28.7 Å². The second-order valence-electron chi connectivity index (χ2n) is 7.23. The minimum Gasteiger partial charge on any atom is -0.396 e. The fourth-order valence-corrected chi connectivity index (χ4v) is 2.86. The molecule has 6 nitrogen and oxygen atoms in total. The van der Waals surface area contributed by atoms with Crippen LogP contribution in [-0.2, 0) is 11.2 Å². The summed E-state index contributed by atoms with van der Waals surface area (Å²) in [5.41, 5.74) is 4.76. The van der Waals surface area contributed by atoms with Gasteiger partial charge in [0.2, 0.25) is 5.91 Å². The van der Waals surface area contributed by atoms with Crippen molar-refractivity contribution >= 4 is 11.6 Å². The molecule has 0 aliphatic carbocycles. The number of hydrogen-bond acceptors (Lipinski definition) is 4. The Kier molecular flexibility index (Phi) is 5.59. The van der Waals surface area contributed by atoms with E-state index in [-0.39, 0.29) is 17.9 Å². The second kappa shape index (κ2) is 7.30. The SMILES string of the molecule is Cc1cc2nc(C)c(CCC(=O)NCC(C)(C)CCO)c(C)n2n1. The molecule has 0 fully saturated rings. The summed E-state index contributed by atoms with van der Waals surface area (Å²) < 4.78 is 1.85. The van der Waals surface area contributed by atoms with E-state index in [0.717, 1.165) is 28.3 Å². The molecule has 2 heterocycles. The van der Waals surface area contributed by atoms with Crippen molar-refractivity contribution in [2.45, 2.75) is 53.9 Å². The molecule has 0 atom stereocenters. The maximum absolute atomic E-state index is 12.1. The number of carbonyl (C=O) groups excluding carboxylic acids is 1. The normalized spacial score (nSPS) is 11.9. The molecule has 0 aromatic carbocycles. The van der Waals surface area contributed by atoms with Crippen molar-refractivity contribution in [1.29, 1.82) is 0 Å². The number of hydrogen-bond donors (Lipinski definition) is 2. The zero-order valence-corrected chi connectivity index (χ0v) is 15.3. The van der Waals surface area contributed by atoms with Gasteiger partial charge in [-0.1, -0.05) is 13.8 Å². The van der Waals surface area contributed by atoms with E-state index in [1.807, 2.05) is 45.2 Å². The molecule has 6 heteroatoms. The van der Waals surface area contributed by atoms with Gasteiger partial charge in [-0.3, -0.25) is 4.79 Å². The van der Waals surface area contributed by atoms with Crippen LogP contribution in [0, 0.1) is 26.2 Å². The average molecular weight is 332 g/mol. The highest BCUT2D eigenvalue weighted by molar-refractivity contribution is 5.76. The monoisotopic (exact) mass is 332 g/mol. The third kappa shape index (κ3) is 4.32. The van der Waals surface area contributed by atoms with Crippen molar-refractivity contribution in [2.75, 3.05) is 13.2 Å². The number of fused-ring (bicyclic) bond motifs is 1. The first kappa shape index (κ1) is 18.4. The van der Waals surface area contributed by atoms with Gasteiger partial charge in [-0.15, -0.1) is 0 Å². The van der Waals surface area contributed by atoms with Crippen LogP contribution in [-0.4, -0.2) is 38.8 Å². The fourth-order valence-electron chi connectivity index (χ4n) is 2.86. The minimum atomic E-state index is -0.0940. The quantitative estimate of drug-likeness (QED) is 0.814. The Morgan fingerprint density at radius 3 is 2.71 bits per heavy atom. The number of nitrogens with one attached hydrogen (secondary N) is 1. The molecule has 2 rings (SSSR count). The molecule has 132 valence electrons. The van der Waals surface area contributed by atoms with E-state index in [9.17, 15) is 4.79 Å². The number of rotatable bonds is 7. The third-order valence-corrected chi connectivity index (χ3v) is 4.44. The molecule has 0 aliphatic rings. The summed E-state index contributed by atoms with van der Waals surface area (Å²) in [5.74, 6) is 0.0246. The van der Waals surface area contributed by atoms with Gasteiger partial charge >= 0.3 is 0 Å². The second-order valence-corrected chi connectivity index (χ2v) is 7.23. The summed E-state index contributed by atoms with van der Waals surface area (Å²) in [5, 5.41) is 16.5. The summed E-state index contributed by atoms with van der Waals surface area (Å²) in [6.45, 7) is 10.7. The molecule has 2 aromatic heterocycles. The minimum absolute atomic E-state index is 0.0246. The largest absolute Gasteiger partial charge is 0.396 e. The van der Waals surface area contributed by atoms with Crippen LogP contribution in [0.15, 0.2) is 6.07 Å². The number of aryl methyl sites for hydroxylation is 3. The lowest BCUT2D eigenvalue weighted by Crippen LogP contribution is -2.34. The molecule has 0 saturated heterocycles. The topological polar surface area (TPSA) is 79.5 Å². The number of aliphatic hydroxyl groups is 1. The maximum atomic E-state index is 12.1. The van der Waals surface area contributed by atoms with Gasteiger partial charge in [0.05, 0.1) is 5.69 Å². The van der Waals surface area contributed by atoms with Crippen molar-refractivity contribution in [2.24, 2.45) is 5.41 Å². The zero-order chi connectivity index (χ0) is 17.9. The summed E-state index contributed by atoms with van der Waals surface area (Å²) >= 11 is 0. The number of aliphatic hydroxyl groups excluding tert-OH is 1. The van der Waals surface area contributed by atoms with Crippen LogP contribution < -0.4 is 5.32 Å². The van der Waals surface area contributed by atoms with E-state index in [0.29, 0.717) is 25.8 Å². The van der Waals surface area contributed by atoms with Gasteiger partial charge in [-0.05, 0) is 44.6 Å². The van der Waals surface area contributed by atoms with Crippen molar-refractivity contribution in [1.82, 2.24) is 19.9 Å². The van der Waals surface area contributed by atoms with E-state index >= 15 is 0 Å². The van der Waals surface area contributed by atoms with Crippen molar-refractivity contribution in [3.8, 4) is 0 Å². The predicted molar refractivity (Wildman–Crippen MR) is 94.0 cm³/mol. The highest BCUT2D eigenvalue weighted by Crippen LogP contribution is 2.19. The summed E-state index contributed by atoms with van der Waals surface area (Å²) in [6, 6.07) is 1.96. The summed E-state index contributed by atoms with van der Waals surface area (Å²) in [7, 11) is 0. The first-order chi connectivity index (χ1) is 11.2. The molecule has 0 unspecified atom stereocenters. The average Bonchev–Trinajstić information content (AvgIpc) is 2.85. The molecular formula is C18H28N4O2. The van der Waals surface area contributed by atoms with Gasteiger partial charge in [-0.25, -0.2) is 9.50 Å². The van der Waals surface area contributed by atoms with E-state index < -0.39 is 0 Å². The van der Waals surface area contributed by atoms with Crippen LogP contribution in [0.4, 0.5) is 0 Å². The van der Waals surface area contributed by atoms with Gasteiger partial charge < -0.3 is 10.4 Å². The molecule has 0 bridgehead atoms. The van der Waals surface area contributed by atoms with Gasteiger partial charge in [-0.2, -0.15) is 5.10 Å². The van der Waals surface area contributed by atoms with Crippen molar-refractivity contribution < 1.29 is 9.90 Å². The lowest BCUT2D eigenvalue weighted by molar-refractivity contribution is -0.121. The van der Waals surface area contributed by atoms with E-state index in [4.69, 9.17) is 5.11 Å². The number of aromatic nitrogens is 3. The molecule has 24 heavy (non-hydrogen) atoms. The molecular weight excluding hydrogens is 304 g/mol. The molecule has 0 aliphatic heterocycles. The van der Waals surface area contributed by atoms with Crippen LogP contribution >= 0.6 is 0 Å². The Morgan fingerprint density at radius 1 is 1.33 bits per heavy atom. The van der Waals surface area contributed by atoms with E-state index in [1.54, 1.807) is 0 Å². The molecule has 0 spiro atoms. The highest BCUT2D eigenvalue weighted by atomic mass is 16.3. The lowest BCUT2D eigenvalue weighted by Gasteiger charge is -2.23. The van der Waals surface area contributed by atoms with Gasteiger partial charge in [0, 0.05) is 37.0 Å². The maximum Gasteiger partial charge on any atom is 0.220 e. The highest BCUT2D eigenvalue weighted by Gasteiger charge is 2.18. The van der Waals surface area contributed by atoms with Crippen LogP contribution in [0.2, 0.25) is 0 Å². The van der Waals surface area contributed by atoms with Crippen LogP contribution in [0.1, 0.15) is 49.3 Å². The molecule has 0 saturated carbocycles. The fraction of sp³-hybridized carbons (Fsp3) is 0.611. The van der Waals surface area contributed by atoms with E-state index in [1.165, 1.54) is 0 Å². The number of nitrogens with zero attached hydrogens (tertiary/aromatic N) is 3. The van der Waals surface area contributed by atoms with Gasteiger partial charge in [0.25, 0.3) is 0 Å². The first-order valence-electron chi connectivity index (χ1n) is 8.43. The smallest absolute Gasteiger partial charge is 0.220 e. The van der Waals surface area contributed by atoms with Crippen LogP contribution in [0.3, 0.4) is 0 Å². The molecule has 1 amide bonds. The zero-order valence-electron chi connectivity index (χ0n) is 15.3.